The molecule has 4 rings (SSSR count). The third-order valence-corrected chi connectivity index (χ3v) is 6.77. The molecule has 3 aromatic rings. The van der Waals surface area contributed by atoms with Crippen LogP contribution in [0.2, 0.25) is 0 Å². The molecule has 3 aromatic carbocycles. The molecule has 0 bridgehead atoms. The first-order valence-electron chi connectivity index (χ1n) is 12.3. The largest absolute Gasteiger partial charge is 0.494 e. The number of aliphatic hydroxyl groups is 1. The smallest absolute Gasteiger partial charge is 0.123 e. The highest BCUT2D eigenvalue weighted by molar-refractivity contribution is 5.37. The van der Waals surface area contributed by atoms with E-state index >= 15 is 0 Å². The minimum absolute atomic E-state index is 0.0604. The molecular weight excluding hydrogens is 448 g/mol. The summed E-state index contributed by atoms with van der Waals surface area (Å²) < 4.78 is 38.5. The maximum Gasteiger partial charge on any atom is 0.123 e. The van der Waals surface area contributed by atoms with E-state index in [9.17, 15) is 13.9 Å². The van der Waals surface area contributed by atoms with Crippen LogP contribution in [-0.2, 0) is 5.60 Å². The van der Waals surface area contributed by atoms with Crippen LogP contribution in [0.3, 0.4) is 0 Å². The minimum atomic E-state index is -1.30. The predicted octanol–water partition coefficient (Wildman–Crippen LogP) is 5.78. The van der Waals surface area contributed by atoms with Crippen LogP contribution in [0.5, 0.6) is 11.5 Å². The Morgan fingerprint density at radius 2 is 1.29 bits per heavy atom. The van der Waals surface area contributed by atoms with Crippen LogP contribution >= 0.6 is 0 Å². The summed E-state index contributed by atoms with van der Waals surface area (Å²) in [5.74, 6) is 0.907. The fraction of sp³-hybridized carbons (Fsp3) is 0.379. The molecule has 1 fully saturated rings. The molecule has 1 heterocycles. The Morgan fingerprint density at radius 3 is 1.77 bits per heavy atom. The number of ether oxygens (including phenoxy) is 2. The Labute approximate surface area is 206 Å². The molecule has 1 aliphatic heterocycles. The molecule has 0 atom stereocenters. The topological polar surface area (TPSA) is 41.9 Å². The Kier molecular flexibility index (Phi) is 8.37. The molecule has 0 unspecified atom stereocenters. The summed E-state index contributed by atoms with van der Waals surface area (Å²) >= 11 is 0. The molecule has 0 aromatic heterocycles. The van der Waals surface area contributed by atoms with E-state index in [1.165, 1.54) is 24.3 Å². The maximum atomic E-state index is 13.6. The summed E-state index contributed by atoms with van der Waals surface area (Å²) in [7, 11) is 0. The lowest BCUT2D eigenvalue weighted by Gasteiger charge is -2.42. The lowest BCUT2D eigenvalue weighted by Crippen LogP contribution is -2.44. The summed E-state index contributed by atoms with van der Waals surface area (Å²) in [6.07, 6.45) is 2.47. The average Bonchev–Trinajstić information content (AvgIpc) is 2.88. The number of piperidine rings is 1. The first-order chi connectivity index (χ1) is 17.0. The molecule has 6 heteroatoms. The molecule has 0 spiro atoms. The highest BCUT2D eigenvalue weighted by Crippen LogP contribution is 2.42. The monoisotopic (exact) mass is 481 g/mol. The zero-order valence-corrected chi connectivity index (χ0v) is 20.1. The molecule has 1 aliphatic rings. The quantitative estimate of drug-likeness (QED) is 0.373. The normalized spacial score (nSPS) is 15.2. The summed E-state index contributed by atoms with van der Waals surface area (Å²) in [4.78, 5) is 2.38. The molecule has 4 nitrogen and oxygen atoms in total. The molecule has 1 saturated heterocycles. The lowest BCUT2D eigenvalue weighted by molar-refractivity contribution is -0.0146. The van der Waals surface area contributed by atoms with E-state index in [1.54, 1.807) is 24.3 Å². The van der Waals surface area contributed by atoms with Crippen molar-refractivity contribution in [2.75, 3.05) is 32.8 Å². The van der Waals surface area contributed by atoms with Crippen LogP contribution in [0.15, 0.2) is 72.8 Å². The van der Waals surface area contributed by atoms with Crippen molar-refractivity contribution in [3.8, 4) is 11.5 Å². The van der Waals surface area contributed by atoms with Crippen LogP contribution in [0, 0.1) is 17.6 Å². The maximum absolute atomic E-state index is 13.6. The second-order valence-corrected chi connectivity index (χ2v) is 9.00. The Bertz CT molecular complexity index is 1000. The van der Waals surface area contributed by atoms with E-state index in [-0.39, 0.29) is 17.6 Å². The van der Waals surface area contributed by atoms with E-state index in [0.29, 0.717) is 24.3 Å². The zero-order chi connectivity index (χ0) is 24.7. The molecule has 0 radical (unpaired) electrons. The van der Waals surface area contributed by atoms with Gasteiger partial charge in [-0.15, -0.1) is 0 Å². The molecule has 0 saturated carbocycles. The molecule has 35 heavy (non-hydrogen) atoms. The Morgan fingerprint density at radius 1 is 0.800 bits per heavy atom. The van der Waals surface area contributed by atoms with Gasteiger partial charge in [-0.1, -0.05) is 24.3 Å². The average molecular weight is 482 g/mol. The van der Waals surface area contributed by atoms with Crippen molar-refractivity contribution < 1.29 is 23.4 Å². The van der Waals surface area contributed by atoms with Gasteiger partial charge in [0.25, 0.3) is 0 Å². The van der Waals surface area contributed by atoms with Gasteiger partial charge in [-0.3, -0.25) is 0 Å². The summed E-state index contributed by atoms with van der Waals surface area (Å²) in [6.45, 7) is 5.83. The number of nitrogens with zero attached hydrogens (tertiary/aromatic N) is 1. The van der Waals surface area contributed by atoms with Crippen LogP contribution in [0.1, 0.15) is 37.3 Å². The summed E-state index contributed by atoms with van der Waals surface area (Å²) in [6, 6.07) is 19.6. The second-order valence-electron chi connectivity index (χ2n) is 9.00. The van der Waals surface area contributed by atoms with Gasteiger partial charge in [-0.05, 0) is 105 Å². The zero-order valence-electron chi connectivity index (χ0n) is 20.1. The van der Waals surface area contributed by atoms with Crippen LogP contribution in [0.4, 0.5) is 8.78 Å². The Hall–Kier alpha value is -2.96. The number of hydrogen-bond donors (Lipinski definition) is 1. The standard InChI is InChI=1S/C29H33F2NO3/c1-2-34-27-12-14-28(15-13-27)35-21-3-18-32-19-16-24(17-20-32)29(33,22-4-8-25(30)9-5-22)23-6-10-26(31)11-7-23/h4-15,24,33H,2-3,16-21H2,1H3. The molecule has 1 N–H and O–H groups in total. The van der Waals surface area contributed by atoms with Crippen molar-refractivity contribution in [2.24, 2.45) is 5.92 Å². The molecular formula is C29H33F2NO3. The number of likely N-dealkylation sites (tertiary alicyclic amines) is 1. The van der Waals surface area contributed by atoms with E-state index in [0.717, 1.165) is 50.4 Å². The van der Waals surface area contributed by atoms with E-state index in [4.69, 9.17) is 9.47 Å². The van der Waals surface area contributed by atoms with Gasteiger partial charge in [0, 0.05) is 6.54 Å². The van der Waals surface area contributed by atoms with Crippen LogP contribution in [-0.4, -0.2) is 42.9 Å². The van der Waals surface area contributed by atoms with Gasteiger partial charge in [-0.2, -0.15) is 0 Å². The van der Waals surface area contributed by atoms with E-state index in [2.05, 4.69) is 4.90 Å². The number of rotatable bonds is 10. The van der Waals surface area contributed by atoms with Gasteiger partial charge in [-0.25, -0.2) is 8.78 Å². The summed E-state index contributed by atoms with van der Waals surface area (Å²) in [5, 5.41) is 11.9. The number of halogens is 2. The van der Waals surface area contributed by atoms with Crippen molar-refractivity contribution in [2.45, 2.75) is 31.8 Å². The first-order valence-corrected chi connectivity index (χ1v) is 12.3. The SMILES string of the molecule is CCOc1ccc(OCCCN2CCC(C(O)(c3ccc(F)cc3)c3ccc(F)cc3)CC2)cc1. The van der Waals surface area contributed by atoms with Gasteiger partial charge >= 0.3 is 0 Å². The summed E-state index contributed by atoms with van der Waals surface area (Å²) in [5.41, 5.74) is -0.0371. The molecule has 0 amide bonds. The Balaban J connectivity index is 1.33. The highest BCUT2D eigenvalue weighted by atomic mass is 19.1. The van der Waals surface area contributed by atoms with Crippen molar-refractivity contribution in [3.63, 3.8) is 0 Å². The van der Waals surface area contributed by atoms with Crippen LogP contribution in [0.25, 0.3) is 0 Å². The molecule has 186 valence electrons. The minimum Gasteiger partial charge on any atom is -0.494 e. The van der Waals surface area contributed by atoms with E-state index < -0.39 is 5.60 Å². The van der Waals surface area contributed by atoms with Gasteiger partial charge in [0.05, 0.1) is 13.2 Å². The van der Waals surface area contributed by atoms with Crippen molar-refractivity contribution in [1.82, 2.24) is 4.90 Å². The van der Waals surface area contributed by atoms with Crippen molar-refractivity contribution in [3.05, 3.63) is 95.6 Å². The fourth-order valence-electron chi connectivity index (χ4n) is 4.90. The van der Waals surface area contributed by atoms with E-state index in [1.807, 2.05) is 31.2 Å². The first kappa shape index (κ1) is 25.1. The van der Waals surface area contributed by atoms with Gasteiger partial charge < -0.3 is 19.5 Å². The highest BCUT2D eigenvalue weighted by Gasteiger charge is 2.41. The second kappa shape index (κ2) is 11.6. The third-order valence-electron chi connectivity index (χ3n) is 6.77. The third kappa shape index (κ3) is 6.19. The van der Waals surface area contributed by atoms with Gasteiger partial charge in [0.2, 0.25) is 0 Å². The number of hydrogen-bond acceptors (Lipinski definition) is 4. The lowest BCUT2D eigenvalue weighted by atomic mass is 9.72. The van der Waals surface area contributed by atoms with Crippen molar-refractivity contribution in [1.29, 1.82) is 0 Å². The van der Waals surface area contributed by atoms with Crippen molar-refractivity contribution >= 4 is 0 Å². The van der Waals surface area contributed by atoms with Gasteiger partial charge in [0.1, 0.15) is 28.7 Å². The number of benzene rings is 3. The van der Waals surface area contributed by atoms with Crippen LogP contribution < -0.4 is 9.47 Å². The molecule has 0 aliphatic carbocycles. The van der Waals surface area contributed by atoms with Gasteiger partial charge in [0.15, 0.2) is 0 Å². The predicted molar refractivity (Wildman–Crippen MR) is 133 cm³/mol. The fourth-order valence-corrected chi connectivity index (χ4v) is 4.90.